The number of nitrogens with one attached hydrogen (secondary N) is 1. The lowest BCUT2D eigenvalue weighted by Crippen LogP contribution is -2.23. The van der Waals surface area contributed by atoms with Crippen LogP contribution in [-0.4, -0.2) is 25.3 Å². The van der Waals surface area contributed by atoms with E-state index in [1.54, 1.807) is 24.3 Å². The lowest BCUT2D eigenvalue weighted by atomic mass is 9.98. The molecule has 3 rings (SSSR count). The summed E-state index contributed by atoms with van der Waals surface area (Å²) in [5.74, 6) is -1.51. The number of hydrogen-bond donors (Lipinski definition) is 2. The minimum Gasteiger partial charge on any atom is -0.478 e. The van der Waals surface area contributed by atoms with Crippen molar-refractivity contribution in [2.45, 2.75) is 17.9 Å². The highest BCUT2D eigenvalue weighted by atomic mass is 32.2. The topological polar surface area (TPSA) is 101 Å². The SMILES string of the molecule is O=C(O)c1ccccc1C(=O)Cc1ccc(S(=O)(=O)NCc2ccccc2)cc1. The van der Waals surface area contributed by atoms with Crippen molar-refractivity contribution < 1.29 is 23.1 Å². The maximum atomic E-state index is 12.5. The summed E-state index contributed by atoms with van der Waals surface area (Å²) in [7, 11) is -3.69. The van der Waals surface area contributed by atoms with Crippen molar-refractivity contribution in [3.8, 4) is 0 Å². The van der Waals surface area contributed by atoms with Crippen LogP contribution in [0.25, 0.3) is 0 Å². The van der Waals surface area contributed by atoms with Crippen molar-refractivity contribution in [3.63, 3.8) is 0 Å². The second-order valence-electron chi connectivity index (χ2n) is 6.40. The van der Waals surface area contributed by atoms with E-state index in [-0.39, 0.29) is 34.8 Å². The van der Waals surface area contributed by atoms with Crippen molar-refractivity contribution >= 4 is 21.8 Å². The van der Waals surface area contributed by atoms with Gasteiger partial charge in [-0.05, 0) is 29.3 Å². The predicted molar refractivity (Wildman–Crippen MR) is 108 cm³/mol. The first-order chi connectivity index (χ1) is 13.9. The number of benzene rings is 3. The number of ketones is 1. The van der Waals surface area contributed by atoms with Crippen LogP contribution in [0, 0.1) is 0 Å². The minimum atomic E-state index is -3.69. The highest BCUT2D eigenvalue weighted by molar-refractivity contribution is 7.89. The number of sulfonamides is 1. The Hall–Kier alpha value is -3.29. The molecule has 0 heterocycles. The Bertz CT molecular complexity index is 1120. The molecule has 0 aromatic heterocycles. The first-order valence-corrected chi connectivity index (χ1v) is 10.3. The van der Waals surface area contributed by atoms with Gasteiger partial charge >= 0.3 is 5.97 Å². The van der Waals surface area contributed by atoms with Crippen LogP contribution in [0.15, 0.2) is 83.8 Å². The van der Waals surface area contributed by atoms with E-state index in [0.717, 1.165) is 5.56 Å². The van der Waals surface area contributed by atoms with E-state index in [2.05, 4.69) is 4.72 Å². The fourth-order valence-electron chi connectivity index (χ4n) is 2.84. The van der Waals surface area contributed by atoms with Gasteiger partial charge in [0.2, 0.25) is 10.0 Å². The van der Waals surface area contributed by atoms with Gasteiger partial charge in [-0.1, -0.05) is 60.7 Å². The molecule has 148 valence electrons. The van der Waals surface area contributed by atoms with Crippen LogP contribution in [-0.2, 0) is 23.0 Å². The third-order valence-corrected chi connectivity index (χ3v) is 5.78. The number of carboxylic acid groups (broad SMARTS) is 1. The molecule has 0 radical (unpaired) electrons. The van der Waals surface area contributed by atoms with Gasteiger partial charge in [0.15, 0.2) is 5.78 Å². The second kappa shape index (κ2) is 8.81. The monoisotopic (exact) mass is 409 g/mol. The molecule has 0 aliphatic carbocycles. The Labute approximate surface area is 168 Å². The zero-order valence-electron chi connectivity index (χ0n) is 15.4. The molecule has 0 saturated heterocycles. The van der Waals surface area contributed by atoms with Gasteiger partial charge in [0.1, 0.15) is 0 Å². The Morgan fingerprint density at radius 2 is 1.34 bits per heavy atom. The molecule has 0 atom stereocenters. The van der Waals surface area contributed by atoms with Crippen LogP contribution in [0.1, 0.15) is 31.8 Å². The lowest BCUT2D eigenvalue weighted by Gasteiger charge is -2.08. The van der Waals surface area contributed by atoms with E-state index < -0.39 is 16.0 Å². The van der Waals surface area contributed by atoms with E-state index in [0.29, 0.717) is 5.56 Å². The van der Waals surface area contributed by atoms with E-state index >= 15 is 0 Å². The summed E-state index contributed by atoms with van der Waals surface area (Å²) in [4.78, 5) is 23.9. The third kappa shape index (κ3) is 5.16. The molecular weight excluding hydrogens is 390 g/mol. The van der Waals surface area contributed by atoms with Gasteiger partial charge < -0.3 is 5.11 Å². The van der Waals surface area contributed by atoms with E-state index in [1.165, 1.54) is 24.3 Å². The number of aromatic carboxylic acids is 1. The molecule has 0 bridgehead atoms. The fraction of sp³-hybridized carbons (Fsp3) is 0.0909. The maximum Gasteiger partial charge on any atom is 0.336 e. The van der Waals surface area contributed by atoms with Gasteiger partial charge in [0, 0.05) is 18.5 Å². The number of carbonyl (C=O) groups excluding carboxylic acids is 1. The summed E-state index contributed by atoms with van der Waals surface area (Å²) >= 11 is 0. The van der Waals surface area contributed by atoms with Gasteiger partial charge in [0.25, 0.3) is 0 Å². The molecule has 0 aliphatic heterocycles. The first-order valence-electron chi connectivity index (χ1n) is 8.85. The smallest absolute Gasteiger partial charge is 0.336 e. The summed E-state index contributed by atoms with van der Waals surface area (Å²) in [6, 6.07) is 21.1. The molecular formula is C22H19NO5S. The Kier molecular flexibility index (Phi) is 6.21. The summed E-state index contributed by atoms with van der Waals surface area (Å²) in [5.41, 5.74) is 1.51. The molecule has 3 aromatic carbocycles. The van der Waals surface area contributed by atoms with Crippen molar-refractivity contribution in [2.75, 3.05) is 0 Å². The minimum absolute atomic E-state index is 0.0257. The average molecular weight is 409 g/mol. The number of Topliss-reactive ketones (excluding diaryl/α,β-unsaturated/α-hetero) is 1. The molecule has 0 unspecified atom stereocenters. The van der Waals surface area contributed by atoms with Gasteiger partial charge in [-0.3, -0.25) is 4.79 Å². The standard InChI is InChI=1S/C22H19NO5S/c24-21(19-8-4-5-9-20(19)22(25)26)14-16-10-12-18(13-11-16)29(27,28)23-15-17-6-2-1-3-7-17/h1-13,23H,14-15H2,(H,25,26). The number of rotatable bonds is 8. The predicted octanol–water partition coefficient (Wildman–Crippen LogP) is 3.29. The summed E-state index contributed by atoms with van der Waals surface area (Å²) in [5, 5.41) is 9.21. The molecule has 0 aliphatic rings. The Balaban J connectivity index is 1.70. The van der Waals surface area contributed by atoms with E-state index in [4.69, 9.17) is 0 Å². The van der Waals surface area contributed by atoms with Crippen molar-refractivity contribution in [3.05, 3.63) is 101 Å². The fourth-order valence-corrected chi connectivity index (χ4v) is 3.86. The molecule has 0 amide bonds. The van der Waals surface area contributed by atoms with Crippen LogP contribution in [0.3, 0.4) is 0 Å². The van der Waals surface area contributed by atoms with Gasteiger partial charge in [-0.15, -0.1) is 0 Å². The third-order valence-electron chi connectivity index (χ3n) is 4.37. The number of carbonyl (C=O) groups is 2. The van der Waals surface area contributed by atoms with Crippen molar-refractivity contribution in [1.82, 2.24) is 4.72 Å². The quantitative estimate of drug-likeness (QED) is 0.556. The summed E-state index contributed by atoms with van der Waals surface area (Å²) < 4.78 is 27.4. The van der Waals surface area contributed by atoms with Crippen LogP contribution >= 0.6 is 0 Å². The number of hydrogen-bond acceptors (Lipinski definition) is 4. The molecule has 2 N–H and O–H groups in total. The summed E-state index contributed by atoms with van der Waals surface area (Å²) in [6.07, 6.45) is -0.0257. The molecule has 6 nitrogen and oxygen atoms in total. The average Bonchev–Trinajstić information content (AvgIpc) is 2.73. The van der Waals surface area contributed by atoms with Crippen molar-refractivity contribution in [2.24, 2.45) is 0 Å². The Morgan fingerprint density at radius 1 is 0.759 bits per heavy atom. The van der Waals surface area contributed by atoms with Crippen LogP contribution < -0.4 is 4.72 Å². The normalized spacial score (nSPS) is 11.2. The largest absolute Gasteiger partial charge is 0.478 e. The number of carboxylic acids is 1. The highest BCUT2D eigenvalue weighted by Crippen LogP contribution is 2.16. The molecule has 0 saturated carbocycles. The Morgan fingerprint density at radius 3 is 1.97 bits per heavy atom. The molecule has 3 aromatic rings. The second-order valence-corrected chi connectivity index (χ2v) is 8.17. The lowest BCUT2D eigenvalue weighted by molar-refractivity contribution is 0.0692. The summed E-state index contributed by atoms with van der Waals surface area (Å²) in [6.45, 7) is 0.176. The molecule has 0 spiro atoms. The molecule has 7 heteroatoms. The van der Waals surface area contributed by atoms with Crippen molar-refractivity contribution in [1.29, 1.82) is 0 Å². The van der Waals surface area contributed by atoms with E-state index in [1.807, 2.05) is 30.3 Å². The molecule has 0 fully saturated rings. The van der Waals surface area contributed by atoms with Gasteiger partial charge in [-0.25, -0.2) is 17.9 Å². The first kappa shape index (κ1) is 20.4. The van der Waals surface area contributed by atoms with Crippen LogP contribution in [0.5, 0.6) is 0 Å². The van der Waals surface area contributed by atoms with Gasteiger partial charge in [-0.2, -0.15) is 0 Å². The maximum absolute atomic E-state index is 12.5. The molecule has 29 heavy (non-hydrogen) atoms. The highest BCUT2D eigenvalue weighted by Gasteiger charge is 2.17. The van der Waals surface area contributed by atoms with Crippen LogP contribution in [0.2, 0.25) is 0 Å². The van der Waals surface area contributed by atoms with E-state index in [9.17, 15) is 23.1 Å². The zero-order chi connectivity index (χ0) is 20.9. The van der Waals surface area contributed by atoms with Crippen LogP contribution in [0.4, 0.5) is 0 Å². The zero-order valence-corrected chi connectivity index (χ0v) is 16.2. The van der Waals surface area contributed by atoms with Gasteiger partial charge in [0.05, 0.1) is 10.5 Å².